The summed E-state index contributed by atoms with van der Waals surface area (Å²) in [5.74, 6) is 0.195. The van der Waals surface area contributed by atoms with Gasteiger partial charge in [-0.05, 0) is 68.1 Å². The first-order chi connectivity index (χ1) is 13.1. The van der Waals surface area contributed by atoms with E-state index < -0.39 is 10.0 Å². The zero-order valence-corrected chi connectivity index (χ0v) is 19.6. The van der Waals surface area contributed by atoms with Crippen molar-refractivity contribution in [1.29, 1.82) is 0 Å². The largest absolute Gasteiger partial charge is 0.325 e. The van der Waals surface area contributed by atoms with E-state index in [1.165, 1.54) is 11.8 Å². The fourth-order valence-electron chi connectivity index (χ4n) is 2.61. The molecule has 2 rings (SSSR count). The Morgan fingerprint density at radius 2 is 1.79 bits per heavy atom. The number of aryl methyl sites for hydroxylation is 2. The van der Waals surface area contributed by atoms with Gasteiger partial charge in [0.05, 0.1) is 17.2 Å². The highest BCUT2D eigenvalue weighted by molar-refractivity contribution is 9.10. The fraction of sp³-hybridized carbons (Fsp3) is 0.350. The minimum Gasteiger partial charge on any atom is -0.325 e. The van der Waals surface area contributed by atoms with Crippen molar-refractivity contribution in [1.82, 2.24) is 0 Å². The Kier molecular flexibility index (Phi) is 7.97. The van der Waals surface area contributed by atoms with Gasteiger partial charge in [-0.1, -0.05) is 28.9 Å². The number of sulfonamides is 1. The molecule has 8 heteroatoms. The summed E-state index contributed by atoms with van der Waals surface area (Å²) in [5, 5.41) is 2.88. The molecule has 28 heavy (non-hydrogen) atoms. The van der Waals surface area contributed by atoms with Gasteiger partial charge in [0.2, 0.25) is 15.9 Å². The van der Waals surface area contributed by atoms with E-state index in [0.29, 0.717) is 23.4 Å². The lowest BCUT2D eigenvalue weighted by Crippen LogP contribution is -2.18. The predicted octanol–water partition coefficient (Wildman–Crippen LogP) is 5.26. The van der Waals surface area contributed by atoms with E-state index in [9.17, 15) is 13.2 Å². The lowest BCUT2D eigenvalue weighted by Gasteiger charge is -2.14. The van der Waals surface area contributed by atoms with E-state index >= 15 is 0 Å². The third-order valence-electron chi connectivity index (χ3n) is 4.16. The Labute approximate surface area is 179 Å². The standard InChI is InChI=1S/C20H25BrN2O3S2/c1-5-9-28(25,26)23-18-8-6-7-17(15(18)4)22-20(24)12-27-19-11-13(2)16(21)10-14(19)3/h6-8,10-11,23H,5,9,12H2,1-4H3,(H,22,24). The number of hydrogen-bond acceptors (Lipinski definition) is 4. The van der Waals surface area contributed by atoms with Gasteiger partial charge in [-0.25, -0.2) is 8.42 Å². The van der Waals surface area contributed by atoms with Crippen LogP contribution < -0.4 is 10.0 Å². The van der Waals surface area contributed by atoms with Crippen molar-refractivity contribution in [2.75, 3.05) is 21.5 Å². The van der Waals surface area contributed by atoms with Gasteiger partial charge in [0.15, 0.2) is 0 Å². The number of nitrogens with one attached hydrogen (secondary N) is 2. The zero-order chi connectivity index (χ0) is 20.9. The average molecular weight is 485 g/mol. The van der Waals surface area contributed by atoms with Crippen LogP contribution in [0.15, 0.2) is 39.7 Å². The molecule has 2 N–H and O–H groups in total. The first kappa shape index (κ1) is 22.8. The molecule has 0 aliphatic carbocycles. The molecule has 5 nitrogen and oxygen atoms in total. The van der Waals surface area contributed by atoms with E-state index in [2.05, 4.69) is 32.0 Å². The number of carbonyl (C=O) groups is 1. The van der Waals surface area contributed by atoms with E-state index in [1.54, 1.807) is 25.1 Å². The average Bonchev–Trinajstić information content (AvgIpc) is 2.60. The summed E-state index contributed by atoms with van der Waals surface area (Å²) in [4.78, 5) is 13.5. The molecule has 152 valence electrons. The topological polar surface area (TPSA) is 75.3 Å². The zero-order valence-electron chi connectivity index (χ0n) is 16.4. The van der Waals surface area contributed by atoms with Gasteiger partial charge in [0.25, 0.3) is 0 Å². The normalized spacial score (nSPS) is 11.3. The minimum atomic E-state index is -3.38. The number of carbonyl (C=O) groups excluding carboxylic acids is 1. The molecule has 0 spiro atoms. The number of thioether (sulfide) groups is 1. The highest BCUT2D eigenvalue weighted by atomic mass is 79.9. The molecule has 0 saturated heterocycles. The molecule has 1 amide bonds. The van der Waals surface area contributed by atoms with Gasteiger partial charge in [0.1, 0.15) is 0 Å². The molecule has 2 aromatic carbocycles. The number of amides is 1. The van der Waals surface area contributed by atoms with Crippen molar-refractivity contribution in [3.63, 3.8) is 0 Å². The van der Waals surface area contributed by atoms with Gasteiger partial charge in [-0.3, -0.25) is 9.52 Å². The van der Waals surface area contributed by atoms with Crippen LogP contribution in [0, 0.1) is 20.8 Å². The molecule has 0 aliphatic rings. The summed E-state index contributed by atoms with van der Waals surface area (Å²) in [6, 6.07) is 9.30. The molecule has 0 unspecified atom stereocenters. The van der Waals surface area contributed by atoms with Gasteiger partial charge in [0, 0.05) is 15.1 Å². The van der Waals surface area contributed by atoms with Crippen LogP contribution in [-0.2, 0) is 14.8 Å². The van der Waals surface area contributed by atoms with Gasteiger partial charge in [-0.15, -0.1) is 11.8 Å². The SMILES string of the molecule is CCCS(=O)(=O)Nc1cccc(NC(=O)CSc2cc(C)c(Br)cc2C)c1C. The smallest absolute Gasteiger partial charge is 0.234 e. The summed E-state index contributed by atoms with van der Waals surface area (Å²) in [6.45, 7) is 7.63. The molecule has 0 saturated carbocycles. The lowest BCUT2D eigenvalue weighted by molar-refractivity contribution is -0.113. The Balaban J connectivity index is 2.06. The minimum absolute atomic E-state index is 0.0611. The number of benzene rings is 2. The Bertz CT molecular complexity index is 976. The van der Waals surface area contributed by atoms with Crippen LogP contribution in [0.3, 0.4) is 0 Å². The van der Waals surface area contributed by atoms with Crippen molar-refractivity contribution in [3.05, 3.63) is 51.5 Å². The third-order valence-corrected chi connectivity index (χ3v) is 7.65. The van der Waals surface area contributed by atoms with E-state index in [0.717, 1.165) is 20.5 Å². The Hall–Kier alpha value is -1.51. The number of rotatable bonds is 8. The van der Waals surface area contributed by atoms with Crippen molar-refractivity contribution in [3.8, 4) is 0 Å². The summed E-state index contributed by atoms with van der Waals surface area (Å²) in [5.41, 5.74) is 4.01. The molecule has 0 fully saturated rings. The van der Waals surface area contributed by atoms with Gasteiger partial charge < -0.3 is 5.32 Å². The number of anilines is 2. The van der Waals surface area contributed by atoms with Crippen molar-refractivity contribution in [2.24, 2.45) is 0 Å². The fourth-order valence-corrected chi connectivity index (χ4v) is 5.17. The summed E-state index contributed by atoms with van der Waals surface area (Å²) >= 11 is 4.99. The van der Waals surface area contributed by atoms with Crippen LogP contribution >= 0.6 is 27.7 Å². The molecule has 0 aromatic heterocycles. The number of halogens is 1. The van der Waals surface area contributed by atoms with Crippen LogP contribution in [0.4, 0.5) is 11.4 Å². The second-order valence-corrected chi connectivity index (χ2v) is 10.3. The Morgan fingerprint density at radius 3 is 2.46 bits per heavy atom. The highest BCUT2D eigenvalue weighted by Gasteiger charge is 2.14. The van der Waals surface area contributed by atoms with Crippen LogP contribution in [0.25, 0.3) is 0 Å². The molecule has 2 aromatic rings. The van der Waals surface area contributed by atoms with Crippen molar-refractivity contribution < 1.29 is 13.2 Å². The van der Waals surface area contributed by atoms with E-state index in [1.807, 2.05) is 26.8 Å². The highest BCUT2D eigenvalue weighted by Crippen LogP contribution is 2.29. The summed E-state index contributed by atoms with van der Waals surface area (Å²) in [6.07, 6.45) is 0.539. The van der Waals surface area contributed by atoms with Crippen LogP contribution in [0.1, 0.15) is 30.0 Å². The Morgan fingerprint density at radius 1 is 1.11 bits per heavy atom. The summed E-state index contributed by atoms with van der Waals surface area (Å²) in [7, 11) is -3.38. The lowest BCUT2D eigenvalue weighted by atomic mass is 10.1. The van der Waals surface area contributed by atoms with Crippen LogP contribution in [0.2, 0.25) is 0 Å². The first-order valence-corrected chi connectivity index (χ1v) is 12.4. The second-order valence-electron chi connectivity index (χ2n) is 6.60. The van der Waals surface area contributed by atoms with E-state index in [4.69, 9.17) is 0 Å². The maximum absolute atomic E-state index is 12.4. The second kappa shape index (κ2) is 9.80. The van der Waals surface area contributed by atoms with E-state index in [-0.39, 0.29) is 17.4 Å². The monoisotopic (exact) mass is 484 g/mol. The maximum Gasteiger partial charge on any atom is 0.234 e. The summed E-state index contributed by atoms with van der Waals surface area (Å²) < 4.78 is 27.7. The van der Waals surface area contributed by atoms with Crippen LogP contribution in [-0.4, -0.2) is 25.8 Å². The quantitative estimate of drug-likeness (QED) is 0.501. The maximum atomic E-state index is 12.4. The van der Waals surface area contributed by atoms with Gasteiger partial charge >= 0.3 is 0 Å². The molecule has 0 atom stereocenters. The molecule has 0 aliphatic heterocycles. The molecule has 0 heterocycles. The van der Waals surface area contributed by atoms with Crippen molar-refractivity contribution >= 4 is 55.0 Å². The molecular weight excluding hydrogens is 460 g/mol. The number of hydrogen-bond donors (Lipinski definition) is 2. The van der Waals surface area contributed by atoms with Gasteiger partial charge in [-0.2, -0.15) is 0 Å². The predicted molar refractivity (Wildman–Crippen MR) is 122 cm³/mol. The molecule has 0 radical (unpaired) electrons. The molecule has 0 bridgehead atoms. The van der Waals surface area contributed by atoms with Crippen LogP contribution in [0.5, 0.6) is 0 Å². The van der Waals surface area contributed by atoms with Crippen molar-refractivity contribution in [2.45, 2.75) is 39.0 Å². The molecular formula is C20H25BrN2O3S2. The first-order valence-electron chi connectivity index (χ1n) is 8.92. The third kappa shape index (κ3) is 6.25.